The van der Waals surface area contributed by atoms with Gasteiger partial charge in [-0.1, -0.05) is 35.0 Å². The highest BCUT2D eigenvalue weighted by molar-refractivity contribution is 5.94. The largest absolute Gasteiger partial charge is 0.361 e. The normalized spacial score (nSPS) is 10.2. The molecule has 0 spiro atoms. The minimum atomic E-state index is -0.163. The van der Waals surface area contributed by atoms with Crippen LogP contribution in [0.25, 0.3) is 0 Å². The number of carbonyl (C=O) groups excluding carboxylic acids is 1. The molecule has 1 N–H and O–H groups in total. The molecule has 0 radical (unpaired) electrons. The molecule has 0 saturated heterocycles. The Kier molecular flexibility index (Phi) is 3.23. The summed E-state index contributed by atoms with van der Waals surface area (Å²) in [6, 6.07) is 8.03. The molecule has 4 nitrogen and oxygen atoms in total. The van der Waals surface area contributed by atoms with E-state index in [0.717, 1.165) is 5.56 Å². The summed E-state index contributed by atoms with van der Waals surface area (Å²) in [5.74, 6) is 0.371. The fraction of sp³-hybridized carbons (Fsp3) is 0.231. The fourth-order valence-electron chi connectivity index (χ4n) is 1.50. The van der Waals surface area contributed by atoms with Gasteiger partial charge in [-0.3, -0.25) is 4.79 Å². The van der Waals surface area contributed by atoms with Crippen LogP contribution in [0.3, 0.4) is 0 Å². The highest BCUT2D eigenvalue weighted by Gasteiger charge is 2.11. The van der Waals surface area contributed by atoms with Crippen molar-refractivity contribution in [3.63, 3.8) is 0 Å². The van der Waals surface area contributed by atoms with Gasteiger partial charge >= 0.3 is 0 Å². The molecule has 0 aliphatic carbocycles. The van der Waals surface area contributed by atoms with Crippen LogP contribution in [0.5, 0.6) is 0 Å². The van der Waals surface area contributed by atoms with Crippen molar-refractivity contribution in [1.82, 2.24) is 10.5 Å². The number of amides is 1. The second-order valence-corrected chi connectivity index (χ2v) is 3.96. The van der Waals surface area contributed by atoms with Crippen LogP contribution >= 0.6 is 0 Å². The van der Waals surface area contributed by atoms with E-state index in [2.05, 4.69) is 10.5 Å². The molecule has 88 valence electrons. The Morgan fingerprint density at radius 1 is 1.29 bits per heavy atom. The number of carbonyl (C=O) groups is 1. The summed E-state index contributed by atoms with van der Waals surface area (Å²) in [5, 5.41) is 6.40. The third kappa shape index (κ3) is 2.72. The Bertz CT molecular complexity index is 514. The molecule has 0 aliphatic rings. The Morgan fingerprint density at radius 2 is 2.00 bits per heavy atom. The van der Waals surface area contributed by atoms with E-state index in [9.17, 15) is 4.79 Å². The van der Waals surface area contributed by atoms with Crippen molar-refractivity contribution < 1.29 is 9.32 Å². The first-order valence-corrected chi connectivity index (χ1v) is 5.42. The molecule has 0 aliphatic heterocycles. The molecule has 0 saturated carbocycles. The van der Waals surface area contributed by atoms with E-state index in [1.165, 1.54) is 11.8 Å². The molecule has 2 aromatic rings. The lowest BCUT2D eigenvalue weighted by molar-refractivity contribution is 0.0949. The first-order valence-electron chi connectivity index (χ1n) is 5.42. The second kappa shape index (κ2) is 4.82. The van der Waals surface area contributed by atoms with Crippen LogP contribution in [0.2, 0.25) is 0 Å². The molecule has 1 aromatic carbocycles. The summed E-state index contributed by atoms with van der Waals surface area (Å²) < 4.78 is 4.84. The van der Waals surface area contributed by atoms with E-state index in [1.54, 1.807) is 6.92 Å². The lowest BCUT2D eigenvalue weighted by Gasteiger charge is -2.04. The molecule has 1 aromatic heterocycles. The maximum atomic E-state index is 11.8. The second-order valence-electron chi connectivity index (χ2n) is 3.96. The SMILES string of the molecule is Cc1ccc(CNC(=O)c2cnoc2C)cc1. The zero-order chi connectivity index (χ0) is 12.3. The van der Waals surface area contributed by atoms with Gasteiger partial charge in [0.2, 0.25) is 0 Å². The van der Waals surface area contributed by atoms with Crippen molar-refractivity contribution >= 4 is 5.91 Å². The highest BCUT2D eigenvalue weighted by atomic mass is 16.5. The molecule has 4 heteroatoms. The lowest BCUT2D eigenvalue weighted by Crippen LogP contribution is -2.22. The van der Waals surface area contributed by atoms with Crippen molar-refractivity contribution in [1.29, 1.82) is 0 Å². The summed E-state index contributed by atoms with van der Waals surface area (Å²) in [5.41, 5.74) is 2.75. The van der Waals surface area contributed by atoms with Crippen LogP contribution in [-0.4, -0.2) is 11.1 Å². The highest BCUT2D eigenvalue weighted by Crippen LogP contribution is 2.07. The van der Waals surface area contributed by atoms with Gasteiger partial charge in [-0.2, -0.15) is 0 Å². The number of nitrogens with zero attached hydrogens (tertiary/aromatic N) is 1. The first kappa shape index (κ1) is 11.4. The van der Waals surface area contributed by atoms with Gasteiger partial charge < -0.3 is 9.84 Å². The molecule has 0 atom stereocenters. The Hall–Kier alpha value is -2.10. The molecule has 2 rings (SSSR count). The van der Waals surface area contributed by atoms with Gasteiger partial charge in [0.25, 0.3) is 5.91 Å². The molecular formula is C13H14N2O2. The standard InChI is InChI=1S/C13H14N2O2/c1-9-3-5-11(6-4-9)7-14-13(16)12-8-15-17-10(12)2/h3-6,8H,7H2,1-2H3,(H,14,16). The van der Waals surface area contributed by atoms with Crippen LogP contribution in [0.4, 0.5) is 0 Å². The number of benzene rings is 1. The summed E-state index contributed by atoms with van der Waals surface area (Å²) in [6.45, 7) is 4.25. The first-order chi connectivity index (χ1) is 8.16. The van der Waals surface area contributed by atoms with Gasteiger partial charge in [-0.25, -0.2) is 0 Å². The quantitative estimate of drug-likeness (QED) is 0.879. The summed E-state index contributed by atoms with van der Waals surface area (Å²) in [4.78, 5) is 11.8. The average Bonchev–Trinajstić information content (AvgIpc) is 2.74. The molecule has 0 bridgehead atoms. The molecule has 1 amide bonds. The van der Waals surface area contributed by atoms with E-state index in [1.807, 2.05) is 31.2 Å². The predicted octanol–water partition coefficient (Wildman–Crippen LogP) is 2.22. The molecule has 0 fully saturated rings. The number of hydrogen-bond donors (Lipinski definition) is 1. The molecule has 1 heterocycles. The van der Waals surface area contributed by atoms with Gasteiger partial charge in [0.15, 0.2) is 0 Å². The minimum Gasteiger partial charge on any atom is -0.361 e. The van der Waals surface area contributed by atoms with Crippen LogP contribution in [0, 0.1) is 13.8 Å². The van der Waals surface area contributed by atoms with Gasteiger partial charge in [0, 0.05) is 6.54 Å². The zero-order valence-electron chi connectivity index (χ0n) is 9.86. The topological polar surface area (TPSA) is 55.1 Å². The third-order valence-corrected chi connectivity index (χ3v) is 2.57. The minimum absolute atomic E-state index is 0.163. The van der Waals surface area contributed by atoms with Crippen molar-refractivity contribution in [2.24, 2.45) is 0 Å². The van der Waals surface area contributed by atoms with Crippen molar-refractivity contribution in [2.45, 2.75) is 20.4 Å². The van der Waals surface area contributed by atoms with Gasteiger partial charge in [-0.15, -0.1) is 0 Å². The summed E-state index contributed by atoms with van der Waals surface area (Å²) in [7, 11) is 0. The maximum absolute atomic E-state index is 11.8. The smallest absolute Gasteiger partial charge is 0.256 e. The van der Waals surface area contributed by atoms with E-state index >= 15 is 0 Å². The van der Waals surface area contributed by atoms with Crippen LogP contribution < -0.4 is 5.32 Å². The van der Waals surface area contributed by atoms with Crippen LogP contribution in [-0.2, 0) is 6.54 Å². The van der Waals surface area contributed by atoms with Crippen molar-refractivity contribution in [3.05, 3.63) is 52.9 Å². The third-order valence-electron chi connectivity index (χ3n) is 2.57. The van der Waals surface area contributed by atoms with Crippen LogP contribution in [0.1, 0.15) is 27.2 Å². The predicted molar refractivity (Wildman–Crippen MR) is 63.6 cm³/mol. The fourth-order valence-corrected chi connectivity index (χ4v) is 1.50. The number of rotatable bonds is 3. The number of aryl methyl sites for hydroxylation is 2. The number of hydrogen-bond acceptors (Lipinski definition) is 3. The molecular weight excluding hydrogens is 216 g/mol. The van der Waals surface area contributed by atoms with Gasteiger partial charge in [0.05, 0.1) is 6.20 Å². The number of aromatic nitrogens is 1. The Labute approximate surface area is 99.6 Å². The molecule has 17 heavy (non-hydrogen) atoms. The molecule has 0 unspecified atom stereocenters. The Morgan fingerprint density at radius 3 is 2.59 bits per heavy atom. The summed E-state index contributed by atoms with van der Waals surface area (Å²) >= 11 is 0. The monoisotopic (exact) mass is 230 g/mol. The van der Waals surface area contributed by atoms with Crippen molar-refractivity contribution in [3.8, 4) is 0 Å². The zero-order valence-corrected chi connectivity index (χ0v) is 9.86. The van der Waals surface area contributed by atoms with E-state index in [-0.39, 0.29) is 5.91 Å². The van der Waals surface area contributed by atoms with Crippen molar-refractivity contribution in [2.75, 3.05) is 0 Å². The van der Waals surface area contributed by atoms with Gasteiger partial charge in [0.1, 0.15) is 11.3 Å². The Balaban J connectivity index is 1.97. The van der Waals surface area contributed by atoms with E-state index in [4.69, 9.17) is 4.52 Å². The summed E-state index contributed by atoms with van der Waals surface area (Å²) in [6.07, 6.45) is 1.43. The van der Waals surface area contributed by atoms with E-state index in [0.29, 0.717) is 17.9 Å². The van der Waals surface area contributed by atoms with Gasteiger partial charge in [-0.05, 0) is 19.4 Å². The lowest BCUT2D eigenvalue weighted by atomic mass is 10.1. The van der Waals surface area contributed by atoms with Crippen LogP contribution in [0.15, 0.2) is 35.0 Å². The maximum Gasteiger partial charge on any atom is 0.256 e. The van der Waals surface area contributed by atoms with E-state index < -0.39 is 0 Å². The number of nitrogens with one attached hydrogen (secondary N) is 1. The average molecular weight is 230 g/mol.